The average Bonchev–Trinajstić information content (AvgIpc) is 3.46. The molecule has 0 radical (unpaired) electrons. The molecule has 3 aliphatic rings. The minimum absolute atomic E-state index is 0.00329. The SMILES string of the molecule is CC(C)(C)OC(=O)N1C[C@H](S(=O)(=O)c2ccc(N3CCOCC3=O)cc2C(F)(F)F)C[C@H]1C(=O)NC1(C#N)CC1. The van der Waals surface area contributed by atoms with E-state index in [1.165, 1.54) is 0 Å². The van der Waals surface area contributed by atoms with Crippen molar-refractivity contribution in [3.05, 3.63) is 23.8 Å². The van der Waals surface area contributed by atoms with E-state index in [2.05, 4.69) is 5.32 Å². The number of alkyl halides is 3. The van der Waals surface area contributed by atoms with Gasteiger partial charge in [-0.25, -0.2) is 13.2 Å². The highest BCUT2D eigenvalue weighted by Gasteiger charge is 2.52. The van der Waals surface area contributed by atoms with Gasteiger partial charge in [-0.2, -0.15) is 18.4 Å². The predicted molar refractivity (Wildman–Crippen MR) is 133 cm³/mol. The van der Waals surface area contributed by atoms with E-state index in [1.807, 2.05) is 6.07 Å². The van der Waals surface area contributed by atoms with E-state index in [-0.39, 0.29) is 25.4 Å². The normalized spacial score (nSPS) is 23.0. The fourth-order valence-corrected chi connectivity index (χ4v) is 6.52. The molecular weight excluding hydrogens is 557 g/mol. The third-order valence-electron chi connectivity index (χ3n) is 6.83. The summed E-state index contributed by atoms with van der Waals surface area (Å²) in [7, 11) is -4.77. The molecule has 2 heterocycles. The molecule has 2 saturated heterocycles. The largest absolute Gasteiger partial charge is 0.444 e. The van der Waals surface area contributed by atoms with Crippen LogP contribution in [-0.2, 0) is 35.1 Å². The maximum absolute atomic E-state index is 14.2. The molecule has 15 heteroatoms. The Morgan fingerprint density at radius 3 is 2.45 bits per heavy atom. The number of ether oxygens (including phenoxy) is 2. The van der Waals surface area contributed by atoms with Crippen molar-refractivity contribution < 1.29 is 45.4 Å². The van der Waals surface area contributed by atoms with Crippen LogP contribution in [0.1, 0.15) is 45.6 Å². The predicted octanol–water partition coefficient (Wildman–Crippen LogP) is 2.39. The minimum Gasteiger partial charge on any atom is -0.444 e. The van der Waals surface area contributed by atoms with Gasteiger partial charge in [0.1, 0.15) is 23.8 Å². The molecule has 3 fully saturated rings. The molecule has 4 rings (SSSR count). The Morgan fingerprint density at radius 1 is 1.23 bits per heavy atom. The Hall–Kier alpha value is -3.38. The lowest BCUT2D eigenvalue weighted by atomic mass is 10.1. The number of sulfone groups is 1. The van der Waals surface area contributed by atoms with Crippen LogP contribution in [0, 0.1) is 11.3 Å². The number of amides is 3. The highest BCUT2D eigenvalue weighted by molar-refractivity contribution is 7.92. The molecule has 2 aliphatic heterocycles. The zero-order valence-corrected chi connectivity index (χ0v) is 22.9. The maximum atomic E-state index is 14.2. The molecule has 2 atom stereocenters. The van der Waals surface area contributed by atoms with Crippen molar-refractivity contribution in [1.82, 2.24) is 10.2 Å². The van der Waals surface area contributed by atoms with Crippen LogP contribution in [0.25, 0.3) is 0 Å². The van der Waals surface area contributed by atoms with E-state index in [4.69, 9.17) is 9.47 Å². The fraction of sp³-hybridized carbons (Fsp3) is 0.600. The van der Waals surface area contributed by atoms with Gasteiger partial charge in [0.15, 0.2) is 9.84 Å². The van der Waals surface area contributed by atoms with Gasteiger partial charge in [0, 0.05) is 18.8 Å². The number of nitrogens with one attached hydrogen (secondary N) is 1. The summed E-state index contributed by atoms with van der Waals surface area (Å²) in [5, 5.41) is 10.3. The number of likely N-dealkylation sites (tertiary alicyclic amines) is 1. The zero-order chi connectivity index (χ0) is 29.7. The summed E-state index contributed by atoms with van der Waals surface area (Å²) in [6.45, 7) is 3.87. The number of hydrogen-bond donors (Lipinski definition) is 1. The lowest BCUT2D eigenvalue weighted by molar-refractivity contribution is -0.140. The second kappa shape index (κ2) is 10.2. The number of carbonyl (C=O) groups excluding carboxylic acids is 3. The number of hydrogen-bond acceptors (Lipinski definition) is 8. The molecule has 1 aliphatic carbocycles. The molecular formula is C25H29F3N4O7S. The van der Waals surface area contributed by atoms with Crippen LogP contribution in [0.2, 0.25) is 0 Å². The van der Waals surface area contributed by atoms with Crippen LogP contribution in [0.3, 0.4) is 0 Å². The molecule has 1 aromatic rings. The van der Waals surface area contributed by atoms with Gasteiger partial charge in [-0.05, 0) is 58.2 Å². The molecule has 218 valence electrons. The van der Waals surface area contributed by atoms with Gasteiger partial charge >= 0.3 is 12.3 Å². The Labute approximate surface area is 229 Å². The van der Waals surface area contributed by atoms with E-state index in [0.717, 1.165) is 21.9 Å². The van der Waals surface area contributed by atoms with Crippen molar-refractivity contribution in [2.24, 2.45) is 0 Å². The molecule has 40 heavy (non-hydrogen) atoms. The summed E-state index contributed by atoms with van der Waals surface area (Å²) in [5.74, 6) is -1.36. The first kappa shape index (κ1) is 29.6. The molecule has 0 bridgehead atoms. The first-order chi connectivity index (χ1) is 18.5. The van der Waals surface area contributed by atoms with Gasteiger partial charge in [-0.1, -0.05) is 0 Å². The van der Waals surface area contributed by atoms with Crippen LogP contribution in [0.5, 0.6) is 0 Å². The van der Waals surface area contributed by atoms with Gasteiger partial charge in [0.05, 0.1) is 28.4 Å². The third kappa shape index (κ3) is 6.02. The number of carbonyl (C=O) groups is 3. The van der Waals surface area contributed by atoms with E-state index in [9.17, 15) is 41.2 Å². The monoisotopic (exact) mass is 586 g/mol. The number of morpholine rings is 1. The smallest absolute Gasteiger partial charge is 0.417 e. The highest BCUT2D eigenvalue weighted by atomic mass is 32.2. The maximum Gasteiger partial charge on any atom is 0.417 e. The van der Waals surface area contributed by atoms with E-state index >= 15 is 0 Å². The van der Waals surface area contributed by atoms with Gasteiger partial charge in [0.25, 0.3) is 5.91 Å². The van der Waals surface area contributed by atoms with E-state index in [1.54, 1.807) is 20.8 Å². The highest BCUT2D eigenvalue weighted by Crippen LogP contribution is 2.41. The summed E-state index contributed by atoms with van der Waals surface area (Å²) >= 11 is 0. The van der Waals surface area contributed by atoms with Crippen molar-refractivity contribution in [1.29, 1.82) is 5.26 Å². The second-order valence-corrected chi connectivity index (χ2v) is 13.2. The minimum atomic E-state index is -5.10. The Bertz CT molecular complexity index is 1360. The quantitative estimate of drug-likeness (QED) is 0.554. The van der Waals surface area contributed by atoms with Crippen molar-refractivity contribution >= 4 is 33.4 Å². The lowest BCUT2D eigenvalue weighted by Gasteiger charge is -2.28. The molecule has 0 spiro atoms. The summed E-state index contributed by atoms with van der Waals surface area (Å²) in [4.78, 5) is 39.1. The van der Waals surface area contributed by atoms with E-state index in [0.29, 0.717) is 18.9 Å². The van der Waals surface area contributed by atoms with Crippen molar-refractivity contribution in [2.75, 3.05) is 31.2 Å². The second-order valence-electron chi connectivity index (χ2n) is 11.0. The summed E-state index contributed by atoms with van der Waals surface area (Å²) in [6, 6.07) is 3.08. The average molecular weight is 587 g/mol. The van der Waals surface area contributed by atoms with Crippen LogP contribution < -0.4 is 10.2 Å². The fourth-order valence-electron chi connectivity index (χ4n) is 4.63. The molecule has 3 amide bonds. The van der Waals surface area contributed by atoms with Gasteiger partial charge in [-0.3, -0.25) is 14.5 Å². The van der Waals surface area contributed by atoms with Crippen LogP contribution in [0.15, 0.2) is 23.1 Å². The molecule has 0 aromatic heterocycles. The molecule has 1 N–H and O–H groups in total. The Kier molecular flexibility index (Phi) is 7.57. The number of anilines is 1. The summed E-state index contributed by atoms with van der Waals surface area (Å²) < 4.78 is 80.2. The zero-order valence-electron chi connectivity index (χ0n) is 22.1. The first-order valence-electron chi connectivity index (χ1n) is 12.5. The number of halogens is 3. The standard InChI is InChI=1S/C25H29F3N4O7S/c1-23(2,3)39-22(35)32-12-16(11-18(32)21(34)30-24(14-29)6-7-24)40(36,37)19-5-4-15(10-17(19)25(26,27)28)31-8-9-38-13-20(31)33/h4-5,10,16,18H,6-9,11-13H2,1-3H3,(H,30,34)/t16-,18+/m1/s1. The van der Waals surface area contributed by atoms with Crippen LogP contribution >= 0.6 is 0 Å². The van der Waals surface area contributed by atoms with Crippen LogP contribution in [-0.4, -0.2) is 80.0 Å². The van der Waals surface area contributed by atoms with Gasteiger partial charge in [-0.15, -0.1) is 0 Å². The Balaban J connectivity index is 1.69. The third-order valence-corrected chi connectivity index (χ3v) is 9.02. The first-order valence-corrected chi connectivity index (χ1v) is 14.1. The van der Waals surface area contributed by atoms with Crippen molar-refractivity contribution in [3.63, 3.8) is 0 Å². The number of rotatable bonds is 5. The lowest BCUT2D eigenvalue weighted by Crippen LogP contribution is -2.50. The topological polar surface area (TPSA) is 146 Å². The van der Waals surface area contributed by atoms with Crippen molar-refractivity contribution in [3.8, 4) is 6.07 Å². The molecule has 0 unspecified atom stereocenters. The number of nitriles is 1. The van der Waals surface area contributed by atoms with Gasteiger partial charge < -0.3 is 19.7 Å². The number of nitrogens with zero attached hydrogens (tertiary/aromatic N) is 3. The summed E-state index contributed by atoms with van der Waals surface area (Å²) in [5.41, 5.74) is -3.73. The summed E-state index contributed by atoms with van der Waals surface area (Å²) in [6.07, 6.45) is -5.86. The van der Waals surface area contributed by atoms with Gasteiger partial charge in [0.2, 0.25) is 5.91 Å². The molecule has 1 aromatic carbocycles. The van der Waals surface area contributed by atoms with Crippen LogP contribution in [0.4, 0.5) is 23.7 Å². The Morgan fingerprint density at radius 2 is 1.90 bits per heavy atom. The molecule has 1 saturated carbocycles. The molecule has 11 nitrogen and oxygen atoms in total. The van der Waals surface area contributed by atoms with Crippen molar-refractivity contribution in [2.45, 2.75) is 73.5 Å². The number of benzene rings is 1. The van der Waals surface area contributed by atoms with E-state index < -0.39 is 79.8 Å².